The first-order valence-corrected chi connectivity index (χ1v) is 9.57. The van der Waals surface area contributed by atoms with E-state index in [9.17, 15) is 0 Å². The van der Waals surface area contributed by atoms with Crippen molar-refractivity contribution in [3.05, 3.63) is 16.1 Å². The second-order valence-corrected chi connectivity index (χ2v) is 7.59. The summed E-state index contributed by atoms with van der Waals surface area (Å²) in [5, 5.41) is 10.00. The number of rotatable bonds is 8. The molecule has 0 aliphatic heterocycles. The molecule has 0 aromatic carbocycles. The molecule has 1 heterocycles. The van der Waals surface area contributed by atoms with Crippen LogP contribution in [0.1, 0.15) is 57.2 Å². The predicted octanol–water partition coefficient (Wildman–Crippen LogP) is 2.80. The van der Waals surface area contributed by atoms with Crippen molar-refractivity contribution in [1.82, 2.24) is 20.5 Å². The van der Waals surface area contributed by atoms with Crippen molar-refractivity contribution in [2.24, 2.45) is 4.99 Å². The molecule has 0 bridgehead atoms. The minimum atomic E-state index is 0.481. The second kappa shape index (κ2) is 8.64. The Morgan fingerprint density at radius 2 is 2.13 bits per heavy atom. The van der Waals surface area contributed by atoms with E-state index in [1.165, 1.54) is 12.8 Å². The van der Waals surface area contributed by atoms with Crippen LogP contribution < -0.4 is 10.6 Å². The smallest absolute Gasteiger partial charge is 0.191 e. The van der Waals surface area contributed by atoms with Crippen molar-refractivity contribution in [2.45, 2.75) is 65.1 Å². The lowest BCUT2D eigenvalue weighted by molar-refractivity contribution is 0.247. The van der Waals surface area contributed by atoms with Gasteiger partial charge in [-0.15, -0.1) is 11.3 Å². The summed E-state index contributed by atoms with van der Waals surface area (Å²) in [6.07, 6.45) is 2.69. The fourth-order valence-electron chi connectivity index (χ4n) is 2.38. The molecule has 1 fully saturated rings. The highest BCUT2D eigenvalue weighted by atomic mass is 32.1. The molecule has 1 aromatic heterocycles. The van der Waals surface area contributed by atoms with E-state index in [0.29, 0.717) is 18.5 Å². The standard InChI is InChI=1S/C17H31N5S/c1-6-18-17(19-9-13(4)22(5)14-7-8-14)20-10-16-21-15(11-23-16)12(2)3/h11-14H,6-10H2,1-5H3,(H2,18,19,20). The Balaban J connectivity index is 1.85. The van der Waals surface area contributed by atoms with Gasteiger partial charge in [0.1, 0.15) is 5.01 Å². The van der Waals surface area contributed by atoms with Gasteiger partial charge in [-0.2, -0.15) is 0 Å². The molecule has 5 nitrogen and oxygen atoms in total. The van der Waals surface area contributed by atoms with Crippen molar-refractivity contribution >= 4 is 17.3 Å². The van der Waals surface area contributed by atoms with Gasteiger partial charge in [-0.1, -0.05) is 13.8 Å². The fraction of sp³-hybridized carbons (Fsp3) is 0.765. The predicted molar refractivity (Wildman–Crippen MR) is 99.3 cm³/mol. The monoisotopic (exact) mass is 337 g/mol. The average Bonchev–Trinajstić information content (AvgIpc) is 3.26. The van der Waals surface area contributed by atoms with Gasteiger partial charge >= 0.3 is 0 Å². The Kier molecular flexibility index (Phi) is 6.84. The lowest BCUT2D eigenvalue weighted by atomic mass is 10.2. The summed E-state index contributed by atoms with van der Waals surface area (Å²) in [5.41, 5.74) is 1.16. The molecule has 6 heteroatoms. The van der Waals surface area contributed by atoms with Crippen LogP contribution in [0.3, 0.4) is 0 Å². The van der Waals surface area contributed by atoms with Crippen LogP contribution in [-0.4, -0.2) is 48.1 Å². The number of guanidine groups is 1. The lowest BCUT2D eigenvalue weighted by Gasteiger charge is -2.25. The van der Waals surface area contributed by atoms with Crippen LogP contribution in [0.5, 0.6) is 0 Å². The molecular weight excluding hydrogens is 306 g/mol. The maximum Gasteiger partial charge on any atom is 0.191 e. The third-order valence-corrected chi connectivity index (χ3v) is 5.11. The van der Waals surface area contributed by atoms with Crippen molar-refractivity contribution in [3.8, 4) is 0 Å². The summed E-state index contributed by atoms with van der Waals surface area (Å²) in [7, 11) is 2.22. The molecule has 23 heavy (non-hydrogen) atoms. The Bertz CT molecular complexity index is 507. The highest BCUT2D eigenvalue weighted by Gasteiger charge is 2.28. The zero-order chi connectivity index (χ0) is 16.8. The number of thiazole rings is 1. The largest absolute Gasteiger partial charge is 0.357 e. The molecule has 0 radical (unpaired) electrons. The highest BCUT2D eigenvalue weighted by molar-refractivity contribution is 7.09. The number of hydrogen-bond donors (Lipinski definition) is 2. The van der Waals surface area contributed by atoms with Crippen molar-refractivity contribution in [2.75, 3.05) is 20.1 Å². The summed E-state index contributed by atoms with van der Waals surface area (Å²) < 4.78 is 0. The lowest BCUT2D eigenvalue weighted by Crippen LogP contribution is -2.45. The van der Waals surface area contributed by atoms with Crippen molar-refractivity contribution in [3.63, 3.8) is 0 Å². The number of likely N-dealkylation sites (N-methyl/N-ethyl adjacent to an activating group) is 1. The summed E-state index contributed by atoms with van der Waals surface area (Å²) >= 11 is 1.70. The molecule has 1 saturated carbocycles. The Morgan fingerprint density at radius 1 is 1.39 bits per heavy atom. The van der Waals surface area contributed by atoms with Crippen LogP contribution in [0.2, 0.25) is 0 Å². The minimum Gasteiger partial charge on any atom is -0.357 e. The first-order valence-electron chi connectivity index (χ1n) is 8.69. The Morgan fingerprint density at radius 3 is 2.70 bits per heavy atom. The van der Waals surface area contributed by atoms with Crippen LogP contribution in [0.15, 0.2) is 10.4 Å². The number of nitrogens with zero attached hydrogens (tertiary/aromatic N) is 3. The quantitative estimate of drug-likeness (QED) is 0.566. The maximum atomic E-state index is 4.67. The average molecular weight is 338 g/mol. The number of nitrogens with one attached hydrogen (secondary N) is 2. The molecule has 1 unspecified atom stereocenters. The van der Waals surface area contributed by atoms with E-state index in [0.717, 1.165) is 35.8 Å². The molecule has 0 amide bonds. The molecule has 0 saturated heterocycles. The van der Waals surface area contributed by atoms with E-state index in [4.69, 9.17) is 0 Å². The minimum absolute atomic E-state index is 0.481. The molecule has 1 aliphatic carbocycles. The van der Waals surface area contributed by atoms with Gasteiger partial charge < -0.3 is 10.6 Å². The van der Waals surface area contributed by atoms with Gasteiger partial charge in [0, 0.05) is 30.6 Å². The topological polar surface area (TPSA) is 52.6 Å². The Hall–Kier alpha value is -1.14. The van der Waals surface area contributed by atoms with Gasteiger partial charge in [-0.25, -0.2) is 9.98 Å². The third kappa shape index (κ3) is 5.77. The number of hydrogen-bond acceptors (Lipinski definition) is 4. The summed E-state index contributed by atoms with van der Waals surface area (Å²) in [6, 6.07) is 1.30. The Labute approximate surface area is 144 Å². The van der Waals surface area contributed by atoms with Crippen molar-refractivity contribution in [1.29, 1.82) is 0 Å². The third-order valence-electron chi connectivity index (χ3n) is 4.26. The number of aliphatic imine (C=N–C) groups is 1. The van der Waals surface area contributed by atoms with E-state index < -0.39 is 0 Å². The van der Waals surface area contributed by atoms with E-state index >= 15 is 0 Å². The zero-order valence-electron chi connectivity index (χ0n) is 15.1. The second-order valence-electron chi connectivity index (χ2n) is 6.64. The van der Waals surface area contributed by atoms with Gasteiger partial charge in [0.25, 0.3) is 0 Å². The van der Waals surface area contributed by atoms with Gasteiger partial charge in [-0.3, -0.25) is 4.90 Å². The SMILES string of the molecule is CCNC(=NCc1nc(C(C)C)cs1)NCC(C)N(C)C1CC1. The van der Waals surface area contributed by atoms with E-state index in [-0.39, 0.29) is 0 Å². The molecule has 1 aliphatic rings. The number of aromatic nitrogens is 1. The van der Waals surface area contributed by atoms with Gasteiger partial charge in [0.05, 0.1) is 12.2 Å². The van der Waals surface area contributed by atoms with E-state index in [2.05, 4.69) is 65.6 Å². The highest BCUT2D eigenvalue weighted by Crippen LogP contribution is 2.26. The molecule has 1 aromatic rings. The summed E-state index contributed by atoms with van der Waals surface area (Å²) in [6.45, 7) is 11.1. The molecule has 2 rings (SSSR count). The normalized spacial score (nSPS) is 16.9. The molecule has 2 N–H and O–H groups in total. The summed E-state index contributed by atoms with van der Waals surface area (Å²) in [4.78, 5) is 11.8. The molecule has 1 atom stereocenters. The van der Waals surface area contributed by atoms with E-state index in [1.54, 1.807) is 11.3 Å². The van der Waals surface area contributed by atoms with Gasteiger partial charge in [0.15, 0.2) is 5.96 Å². The van der Waals surface area contributed by atoms with Crippen LogP contribution in [-0.2, 0) is 6.54 Å². The van der Waals surface area contributed by atoms with Crippen molar-refractivity contribution < 1.29 is 0 Å². The molecule has 0 spiro atoms. The maximum absolute atomic E-state index is 4.67. The zero-order valence-corrected chi connectivity index (χ0v) is 15.9. The van der Waals surface area contributed by atoms with Crippen LogP contribution in [0, 0.1) is 0 Å². The molecule has 130 valence electrons. The van der Waals surface area contributed by atoms with Crippen LogP contribution in [0.25, 0.3) is 0 Å². The first kappa shape index (κ1) is 18.2. The fourth-order valence-corrected chi connectivity index (χ4v) is 3.26. The molecular formula is C17H31N5S. The van der Waals surface area contributed by atoms with Gasteiger partial charge in [-0.05, 0) is 39.7 Å². The van der Waals surface area contributed by atoms with Crippen LogP contribution >= 0.6 is 11.3 Å². The van der Waals surface area contributed by atoms with Gasteiger partial charge in [0.2, 0.25) is 0 Å². The van der Waals surface area contributed by atoms with Crippen LogP contribution in [0.4, 0.5) is 0 Å². The first-order chi connectivity index (χ1) is 11.0. The van der Waals surface area contributed by atoms with E-state index in [1.807, 2.05) is 0 Å². The summed E-state index contributed by atoms with van der Waals surface area (Å²) in [5.74, 6) is 1.36.